The van der Waals surface area contributed by atoms with Crippen molar-refractivity contribution in [3.8, 4) is 0 Å². The van der Waals surface area contributed by atoms with E-state index in [4.69, 9.17) is 4.74 Å². The van der Waals surface area contributed by atoms with E-state index >= 15 is 0 Å². The van der Waals surface area contributed by atoms with E-state index in [2.05, 4.69) is 9.88 Å². The van der Waals surface area contributed by atoms with Gasteiger partial charge in [0.1, 0.15) is 0 Å². The molecule has 7 nitrogen and oxygen atoms in total. The number of likely N-dealkylation sites (tertiary alicyclic amines) is 1. The van der Waals surface area contributed by atoms with Crippen LogP contribution in [0, 0.1) is 0 Å². The second-order valence-corrected chi connectivity index (χ2v) is 9.22. The number of nitrogens with zero attached hydrogens (tertiary/aromatic N) is 3. The maximum Gasteiger partial charge on any atom is 0.228 e. The number of aliphatic hydroxyl groups is 1. The first kappa shape index (κ1) is 21.0. The Labute approximate surface area is 166 Å². The maximum absolute atomic E-state index is 12.8. The van der Waals surface area contributed by atoms with Crippen LogP contribution in [0.4, 0.5) is 0 Å². The van der Waals surface area contributed by atoms with Crippen molar-refractivity contribution in [1.29, 1.82) is 0 Å². The lowest BCUT2D eigenvalue weighted by molar-refractivity contribution is 0.0820. The van der Waals surface area contributed by atoms with Crippen LogP contribution < -0.4 is 0 Å². The van der Waals surface area contributed by atoms with Crippen LogP contribution in [-0.4, -0.2) is 66.6 Å². The summed E-state index contributed by atoms with van der Waals surface area (Å²) in [7, 11) is -2.06. The molecule has 3 rings (SSSR count). The molecule has 0 saturated carbocycles. The van der Waals surface area contributed by atoms with Crippen molar-refractivity contribution in [1.82, 2.24) is 14.5 Å². The summed E-state index contributed by atoms with van der Waals surface area (Å²) < 4.78 is 32.4. The zero-order chi connectivity index (χ0) is 20.0. The molecule has 2 heterocycles. The van der Waals surface area contributed by atoms with Gasteiger partial charge in [-0.25, -0.2) is 13.4 Å². The zero-order valence-electron chi connectivity index (χ0n) is 16.3. The van der Waals surface area contributed by atoms with Crippen molar-refractivity contribution >= 4 is 9.84 Å². The number of hydrogen-bond donors (Lipinski definition) is 1. The van der Waals surface area contributed by atoms with Crippen molar-refractivity contribution < 1.29 is 18.3 Å². The van der Waals surface area contributed by atoms with E-state index in [1.54, 1.807) is 10.8 Å². The van der Waals surface area contributed by atoms with Crippen LogP contribution in [0.5, 0.6) is 0 Å². The fourth-order valence-electron chi connectivity index (χ4n) is 3.67. The molecule has 1 N–H and O–H groups in total. The minimum absolute atomic E-state index is 0.0842. The van der Waals surface area contributed by atoms with Crippen molar-refractivity contribution in [2.75, 3.05) is 32.6 Å². The summed E-state index contributed by atoms with van der Waals surface area (Å²) in [6.45, 7) is 2.16. The first-order valence-corrected chi connectivity index (χ1v) is 11.4. The quantitative estimate of drug-likeness (QED) is 0.681. The van der Waals surface area contributed by atoms with E-state index in [0.29, 0.717) is 13.1 Å². The van der Waals surface area contributed by atoms with Gasteiger partial charge < -0.3 is 14.4 Å². The SMILES string of the molecule is COCCS(=O)(=O)c1ncc(CN2CCCC[C@@H]2CO)n1Cc1ccccc1. The fourth-order valence-corrected chi connectivity index (χ4v) is 4.97. The van der Waals surface area contributed by atoms with Gasteiger partial charge in [-0.2, -0.15) is 0 Å². The number of sulfone groups is 1. The van der Waals surface area contributed by atoms with Gasteiger partial charge in [0.25, 0.3) is 0 Å². The first-order chi connectivity index (χ1) is 13.5. The molecular weight excluding hydrogens is 378 g/mol. The highest BCUT2D eigenvalue weighted by molar-refractivity contribution is 7.91. The molecule has 8 heteroatoms. The summed E-state index contributed by atoms with van der Waals surface area (Å²) in [5, 5.41) is 9.79. The second-order valence-electron chi connectivity index (χ2n) is 7.22. The van der Waals surface area contributed by atoms with E-state index < -0.39 is 9.84 Å². The average Bonchev–Trinajstić information content (AvgIpc) is 3.11. The number of piperidine rings is 1. The van der Waals surface area contributed by atoms with Gasteiger partial charge in [0.15, 0.2) is 0 Å². The summed E-state index contributed by atoms with van der Waals surface area (Å²) in [6.07, 6.45) is 4.82. The lowest BCUT2D eigenvalue weighted by Crippen LogP contribution is -2.41. The summed E-state index contributed by atoms with van der Waals surface area (Å²) in [6, 6.07) is 9.89. The molecule has 2 aromatic rings. The minimum Gasteiger partial charge on any atom is -0.395 e. The van der Waals surface area contributed by atoms with Crippen LogP contribution in [0.1, 0.15) is 30.5 Å². The molecule has 28 heavy (non-hydrogen) atoms. The Morgan fingerprint density at radius 1 is 1.21 bits per heavy atom. The third-order valence-electron chi connectivity index (χ3n) is 5.24. The predicted octanol–water partition coefficient (Wildman–Crippen LogP) is 1.70. The summed E-state index contributed by atoms with van der Waals surface area (Å²) in [5.74, 6) is -0.0995. The Morgan fingerprint density at radius 3 is 2.71 bits per heavy atom. The van der Waals surface area contributed by atoms with E-state index in [-0.39, 0.29) is 30.2 Å². The molecule has 0 radical (unpaired) electrons. The van der Waals surface area contributed by atoms with Crippen LogP contribution >= 0.6 is 0 Å². The number of hydrogen-bond acceptors (Lipinski definition) is 6. The molecule has 1 aromatic carbocycles. The van der Waals surface area contributed by atoms with Gasteiger partial charge in [0.05, 0.1) is 37.4 Å². The van der Waals surface area contributed by atoms with Gasteiger partial charge in [-0.15, -0.1) is 0 Å². The fraction of sp³-hybridized carbons (Fsp3) is 0.550. The number of rotatable bonds is 9. The molecule has 1 atom stereocenters. The van der Waals surface area contributed by atoms with Crippen molar-refractivity contribution in [2.45, 2.75) is 43.6 Å². The Kier molecular flexibility index (Phi) is 7.23. The smallest absolute Gasteiger partial charge is 0.228 e. The van der Waals surface area contributed by atoms with E-state index in [1.165, 1.54) is 7.11 Å². The third-order valence-corrected chi connectivity index (χ3v) is 6.83. The van der Waals surface area contributed by atoms with Gasteiger partial charge in [0, 0.05) is 19.7 Å². The van der Waals surface area contributed by atoms with Gasteiger partial charge in [0.2, 0.25) is 15.0 Å². The first-order valence-electron chi connectivity index (χ1n) is 9.70. The molecule has 1 fully saturated rings. The Balaban J connectivity index is 1.92. The van der Waals surface area contributed by atoms with Gasteiger partial charge in [-0.1, -0.05) is 36.8 Å². The number of aliphatic hydroxyl groups excluding tert-OH is 1. The monoisotopic (exact) mass is 407 g/mol. The number of aromatic nitrogens is 2. The molecule has 1 aromatic heterocycles. The standard InChI is InChI=1S/C20H29N3O4S/c1-27-11-12-28(25,26)20-21-13-19(15-22-10-6-5-9-18(22)16-24)23(20)14-17-7-3-2-4-8-17/h2-4,7-8,13,18,24H,5-6,9-12,14-16H2,1H3/t18-/m1/s1. The molecule has 1 saturated heterocycles. The number of benzene rings is 1. The van der Waals surface area contributed by atoms with Crippen LogP contribution in [0.15, 0.2) is 41.7 Å². The zero-order valence-corrected chi connectivity index (χ0v) is 17.1. The molecule has 0 bridgehead atoms. The number of ether oxygens (including phenoxy) is 1. The van der Waals surface area contributed by atoms with Crippen molar-refractivity contribution in [3.63, 3.8) is 0 Å². The molecule has 0 spiro atoms. The average molecular weight is 408 g/mol. The van der Waals surface area contributed by atoms with Crippen LogP contribution in [0.2, 0.25) is 0 Å². The largest absolute Gasteiger partial charge is 0.395 e. The highest BCUT2D eigenvalue weighted by Gasteiger charge is 2.27. The third kappa shape index (κ3) is 5.00. The second kappa shape index (κ2) is 9.65. The molecular formula is C20H29N3O4S. The maximum atomic E-state index is 12.8. The van der Waals surface area contributed by atoms with E-state index in [0.717, 1.165) is 37.1 Å². The highest BCUT2D eigenvalue weighted by atomic mass is 32.2. The van der Waals surface area contributed by atoms with Crippen molar-refractivity contribution in [3.05, 3.63) is 47.8 Å². The summed E-state index contributed by atoms with van der Waals surface area (Å²) in [4.78, 5) is 6.51. The van der Waals surface area contributed by atoms with Gasteiger partial charge >= 0.3 is 0 Å². The lowest BCUT2D eigenvalue weighted by atomic mass is 10.0. The molecule has 0 amide bonds. The van der Waals surface area contributed by atoms with Crippen molar-refractivity contribution in [2.24, 2.45) is 0 Å². The summed E-state index contributed by atoms with van der Waals surface area (Å²) >= 11 is 0. The van der Waals surface area contributed by atoms with E-state index in [1.807, 2.05) is 30.3 Å². The Bertz CT molecular complexity index is 852. The van der Waals surface area contributed by atoms with Gasteiger partial charge in [-0.3, -0.25) is 4.90 Å². The topological polar surface area (TPSA) is 84.7 Å². The molecule has 0 unspecified atom stereocenters. The van der Waals surface area contributed by atoms with Gasteiger partial charge in [-0.05, 0) is 24.9 Å². The normalized spacial score (nSPS) is 18.4. The predicted molar refractivity (Wildman–Crippen MR) is 107 cm³/mol. The molecule has 1 aliphatic rings. The highest BCUT2D eigenvalue weighted by Crippen LogP contribution is 2.22. The molecule has 1 aliphatic heterocycles. The Hall–Kier alpha value is -1.74. The Morgan fingerprint density at radius 2 is 2.00 bits per heavy atom. The molecule has 0 aliphatic carbocycles. The van der Waals surface area contributed by atoms with Crippen LogP contribution in [0.3, 0.4) is 0 Å². The van der Waals surface area contributed by atoms with E-state index in [9.17, 15) is 13.5 Å². The summed E-state index contributed by atoms with van der Waals surface area (Å²) in [5.41, 5.74) is 1.86. The van der Waals surface area contributed by atoms with Crippen LogP contribution in [-0.2, 0) is 27.7 Å². The van der Waals surface area contributed by atoms with Crippen LogP contribution in [0.25, 0.3) is 0 Å². The molecule has 154 valence electrons. The number of imidazole rings is 1. The minimum atomic E-state index is -3.55. The lowest BCUT2D eigenvalue weighted by Gasteiger charge is -2.34. The number of methoxy groups -OCH3 is 1.